The Morgan fingerprint density at radius 3 is 2.80 bits per heavy atom. The quantitative estimate of drug-likeness (QED) is 0.596. The van der Waals surface area contributed by atoms with E-state index < -0.39 is 0 Å². The number of thioether (sulfide) groups is 1. The maximum absolute atomic E-state index is 11.4. The summed E-state index contributed by atoms with van der Waals surface area (Å²) in [5.74, 6) is 2.44. The van der Waals surface area contributed by atoms with Gasteiger partial charge in [-0.05, 0) is 44.2 Å². The number of hydrogen-bond donors (Lipinski definition) is 2. The Kier molecular flexibility index (Phi) is 10.2. The number of nitrogens with two attached hydrogens (primary N) is 1. The summed E-state index contributed by atoms with van der Waals surface area (Å²) in [4.78, 5) is 11.4. The van der Waals surface area contributed by atoms with Gasteiger partial charge in [0.1, 0.15) is 0 Å². The van der Waals surface area contributed by atoms with Crippen molar-refractivity contribution in [2.45, 2.75) is 45.6 Å². The molecular weight excluding hydrogens is 208 g/mol. The number of nitrogens with one attached hydrogen (secondary N) is 1. The second-order valence-corrected chi connectivity index (χ2v) is 5.09. The summed E-state index contributed by atoms with van der Waals surface area (Å²) in [5.41, 5.74) is 5.36. The van der Waals surface area contributed by atoms with Crippen molar-refractivity contribution >= 4 is 17.7 Å². The van der Waals surface area contributed by atoms with Crippen LogP contribution in [-0.4, -0.2) is 30.0 Å². The Morgan fingerprint density at radius 2 is 2.20 bits per heavy atom. The smallest absolute Gasteiger partial charge is 0.220 e. The molecule has 1 atom stereocenters. The predicted molar refractivity (Wildman–Crippen MR) is 68.1 cm³/mol. The Morgan fingerprint density at radius 1 is 1.47 bits per heavy atom. The van der Waals surface area contributed by atoms with Crippen LogP contribution in [0.4, 0.5) is 0 Å². The van der Waals surface area contributed by atoms with Crippen LogP contribution >= 0.6 is 11.8 Å². The van der Waals surface area contributed by atoms with Gasteiger partial charge in [-0.1, -0.05) is 6.92 Å². The van der Waals surface area contributed by atoms with E-state index in [1.54, 1.807) is 0 Å². The minimum absolute atomic E-state index is 0.164. The summed E-state index contributed by atoms with van der Waals surface area (Å²) in [5, 5.41) is 3.00. The standard InChI is InChI=1S/C11H24N2OS/c1-3-15-9-7-10(2)13-11(14)6-4-5-8-12/h10H,3-9,12H2,1-2H3,(H,13,14). The van der Waals surface area contributed by atoms with Crippen molar-refractivity contribution in [3.63, 3.8) is 0 Å². The fourth-order valence-corrected chi connectivity index (χ4v) is 2.06. The first-order valence-electron chi connectivity index (χ1n) is 5.77. The van der Waals surface area contributed by atoms with Crippen LogP contribution in [0, 0.1) is 0 Å². The first kappa shape index (κ1) is 14.8. The summed E-state index contributed by atoms with van der Waals surface area (Å²) in [6.07, 6.45) is 3.51. The monoisotopic (exact) mass is 232 g/mol. The summed E-state index contributed by atoms with van der Waals surface area (Å²) >= 11 is 1.92. The first-order chi connectivity index (χ1) is 7.20. The average Bonchev–Trinajstić information content (AvgIpc) is 2.18. The van der Waals surface area contributed by atoms with Crippen LogP contribution in [0.5, 0.6) is 0 Å². The predicted octanol–water partition coefficient (Wildman–Crippen LogP) is 1.76. The van der Waals surface area contributed by atoms with Crippen LogP contribution in [0.3, 0.4) is 0 Å². The second kappa shape index (κ2) is 10.3. The summed E-state index contributed by atoms with van der Waals surface area (Å²) < 4.78 is 0. The van der Waals surface area contributed by atoms with E-state index >= 15 is 0 Å². The van der Waals surface area contributed by atoms with Crippen molar-refractivity contribution < 1.29 is 4.79 Å². The number of amides is 1. The summed E-state index contributed by atoms with van der Waals surface area (Å²) in [6, 6.07) is 0.300. The molecule has 0 bridgehead atoms. The molecule has 0 saturated heterocycles. The third-order valence-electron chi connectivity index (χ3n) is 2.16. The highest BCUT2D eigenvalue weighted by molar-refractivity contribution is 7.99. The molecule has 1 unspecified atom stereocenters. The molecule has 0 aromatic rings. The van der Waals surface area contributed by atoms with Gasteiger partial charge < -0.3 is 11.1 Å². The average molecular weight is 232 g/mol. The van der Waals surface area contributed by atoms with E-state index in [4.69, 9.17) is 5.73 Å². The molecule has 0 heterocycles. The zero-order chi connectivity index (χ0) is 11.5. The molecule has 0 radical (unpaired) electrons. The molecule has 0 spiro atoms. The van der Waals surface area contributed by atoms with E-state index in [0.29, 0.717) is 19.0 Å². The minimum atomic E-state index is 0.164. The molecule has 0 aliphatic rings. The lowest BCUT2D eigenvalue weighted by molar-refractivity contribution is -0.121. The van der Waals surface area contributed by atoms with Gasteiger partial charge in [0, 0.05) is 12.5 Å². The fourth-order valence-electron chi connectivity index (χ4n) is 1.25. The van der Waals surface area contributed by atoms with E-state index in [-0.39, 0.29) is 5.91 Å². The lowest BCUT2D eigenvalue weighted by Gasteiger charge is -2.13. The normalized spacial score (nSPS) is 12.5. The van der Waals surface area contributed by atoms with Crippen LogP contribution < -0.4 is 11.1 Å². The van der Waals surface area contributed by atoms with Gasteiger partial charge in [-0.15, -0.1) is 0 Å². The van der Waals surface area contributed by atoms with Crippen molar-refractivity contribution in [1.82, 2.24) is 5.32 Å². The molecule has 0 aromatic carbocycles. The van der Waals surface area contributed by atoms with Gasteiger partial charge in [0.2, 0.25) is 5.91 Å². The zero-order valence-electron chi connectivity index (χ0n) is 9.92. The molecule has 90 valence electrons. The number of carbonyl (C=O) groups is 1. The first-order valence-corrected chi connectivity index (χ1v) is 6.93. The highest BCUT2D eigenvalue weighted by atomic mass is 32.2. The van der Waals surface area contributed by atoms with Gasteiger partial charge in [-0.25, -0.2) is 0 Å². The van der Waals surface area contributed by atoms with Crippen molar-refractivity contribution in [2.75, 3.05) is 18.1 Å². The van der Waals surface area contributed by atoms with E-state index in [9.17, 15) is 4.79 Å². The molecule has 0 rings (SSSR count). The van der Waals surface area contributed by atoms with Crippen LogP contribution in [0.15, 0.2) is 0 Å². The Hall–Kier alpha value is -0.220. The zero-order valence-corrected chi connectivity index (χ0v) is 10.7. The van der Waals surface area contributed by atoms with Crippen LogP contribution in [0.1, 0.15) is 39.5 Å². The molecule has 0 fully saturated rings. The number of hydrogen-bond acceptors (Lipinski definition) is 3. The Balaban J connectivity index is 3.40. The molecule has 15 heavy (non-hydrogen) atoms. The Bertz CT molecular complexity index is 165. The minimum Gasteiger partial charge on any atom is -0.354 e. The molecule has 0 aliphatic heterocycles. The largest absolute Gasteiger partial charge is 0.354 e. The number of carbonyl (C=O) groups excluding carboxylic acids is 1. The molecule has 0 aromatic heterocycles. The van der Waals surface area contributed by atoms with Crippen LogP contribution in [0.2, 0.25) is 0 Å². The third-order valence-corrected chi connectivity index (χ3v) is 3.10. The van der Waals surface area contributed by atoms with Crippen molar-refractivity contribution in [3.8, 4) is 0 Å². The molecule has 0 saturated carbocycles. The van der Waals surface area contributed by atoms with E-state index in [0.717, 1.165) is 30.8 Å². The van der Waals surface area contributed by atoms with Gasteiger partial charge >= 0.3 is 0 Å². The van der Waals surface area contributed by atoms with Gasteiger partial charge in [0.25, 0.3) is 0 Å². The van der Waals surface area contributed by atoms with Crippen molar-refractivity contribution in [2.24, 2.45) is 5.73 Å². The van der Waals surface area contributed by atoms with Gasteiger partial charge in [-0.2, -0.15) is 11.8 Å². The maximum Gasteiger partial charge on any atom is 0.220 e. The number of unbranched alkanes of at least 4 members (excludes halogenated alkanes) is 1. The molecule has 3 nitrogen and oxygen atoms in total. The SMILES string of the molecule is CCSCCC(C)NC(=O)CCCCN. The van der Waals surface area contributed by atoms with E-state index in [1.165, 1.54) is 0 Å². The van der Waals surface area contributed by atoms with Crippen molar-refractivity contribution in [3.05, 3.63) is 0 Å². The van der Waals surface area contributed by atoms with E-state index in [2.05, 4.69) is 19.2 Å². The third kappa shape index (κ3) is 10.1. The maximum atomic E-state index is 11.4. The summed E-state index contributed by atoms with van der Waals surface area (Å²) in [7, 11) is 0. The number of rotatable bonds is 9. The lowest BCUT2D eigenvalue weighted by atomic mass is 10.2. The molecule has 0 aliphatic carbocycles. The molecule has 3 N–H and O–H groups in total. The van der Waals surface area contributed by atoms with E-state index in [1.807, 2.05) is 11.8 Å². The van der Waals surface area contributed by atoms with Gasteiger partial charge in [0.15, 0.2) is 0 Å². The molecular formula is C11H24N2OS. The highest BCUT2D eigenvalue weighted by Crippen LogP contribution is 2.04. The van der Waals surface area contributed by atoms with Crippen LogP contribution in [-0.2, 0) is 4.79 Å². The highest BCUT2D eigenvalue weighted by Gasteiger charge is 2.06. The van der Waals surface area contributed by atoms with Crippen molar-refractivity contribution in [1.29, 1.82) is 0 Å². The summed E-state index contributed by atoms with van der Waals surface area (Å²) in [6.45, 7) is 4.90. The molecule has 4 heteroatoms. The topological polar surface area (TPSA) is 55.1 Å². The molecule has 1 amide bonds. The lowest BCUT2D eigenvalue weighted by Crippen LogP contribution is -2.32. The second-order valence-electron chi connectivity index (χ2n) is 3.70. The van der Waals surface area contributed by atoms with Gasteiger partial charge in [-0.3, -0.25) is 4.79 Å². The van der Waals surface area contributed by atoms with Crippen LogP contribution in [0.25, 0.3) is 0 Å². The fraction of sp³-hybridized carbons (Fsp3) is 0.909. The van der Waals surface area contributed by atoms with Gasteiger partial charge in [0.05, 0.1) is 0 Å². The Labute approximate surface area is 97.6 Å².